The van der Waals surface area contributed by atoms with E-state index in [0.717, 1.165) is 11.1 Å². The normalized spacial score (nSPS) is 12.7. The van der Waals surface area contributed by atoms with Gasteiger partial charge in [-0.1, -0.05) is 24.3 Å². The minimum absolute atomic E-state index is 0.171. The van der Waals surface area contributed by atoms with E-state index in [-0.39, 0.29) is 10.8 Å². The molecular formula is C18H22N2O3S. The first-order chi connectivity index (χ1) is 11.2. The third-order valence-electron chi connectivity index (χ3n) is 3.67. The van der Waals surface area contributed by atoms with Crippen molar-refractivity contribution in [1.29, 1.82) is 0 Å². The van der Waals surface area contributed by atoms with Gasteiger partial charge in [-0.2, -0.15) is 0 Å². The van der Waals surface area contributed by atoms with Gasteiger partial charge in [-0.25, -0.2) is 13.1 Å². The van der Waals surface area contributed by atoms with Gasteiger partial charge in [0.1, 0.15) is 0 Å². The lowest BCUT2D eigenvalue weighted by atomic mass is 10.1. The quantitative estimate of drug-likeness (QED) is 0.872. The summed E-state index contributed by atoms with van der Waals surface area (Å²) in [7, 11) is -3.63. The molecule has 0 saturated heterocycles. The van der Waals surface area contributed by atoms with Crippen molar-refractivity contribution in [3.05, 3.63) is 59.2 Å². The van der Waals surface area contributed by atoms with Crippen LogP contribution >= 0.6 is 0 Å². The zero-order chi connectivity index (χ0) is 17.9. The Bertz CT molecular complexity index is 860. The predicted octanol–water partition coefficient (Wildman–Crippen LogP) is 3.30. The molecule has 1 atom stereocenters. The Balaban J connectivity index is 2.26. The molecule has 0 aliphatic carbocycles. The molecule has 1 unspecified atom stereocenters. The molecule has 0 spiro atoms. The van der Waals surface area contributed by atoms with Crippen molar-refractivity contribution < 1.29 is 13.2 Å². The van der Waals surface area contributed by atoms with Crippen LogP contribution < -0.4 is 10.0 Å². The predicted molar refractivity (Wildman–Crippen MR) is 95.4 cm³/mol. The molecule has 6 heteroatoms. The van der Waals surface area contributed by atoms with Gasteiger partial charge < -0.3 is 5.32 Å². The number of rotatable bonds is 5. The molecule has 5 nitrogen and oxygen atoms in total. The van der Waals surface area contributed by atoms with Gasteiger partial charge in [0.2, 0.25) is 15.9 Å². The fourth-order valence-electron chi connectivity index (χ4n) is 2.45. The average molecular weight is 346 g/mol. The van der Waals surface area contributed by atoms with Gasteiger partial charge in [0.25, 0.3) is 0 Å². The van der Waals surface area contributed by atoms with Crippen LogP contribution in [-0.2, 0) is 14.8 Å². The van der Waals surface area contributed by atoms with E-state index >= 15 is 0 Å². The summed E-state index contributed by atoms with van der Waals surface area (Å²) < 4.78 is 28.0. The van der Waals surface area contributed by atoms with Gasteiger partial charge in [-0.3, -0.25) is 4.79 Å². The monoisotopic (exact) mass is 346 g/mol. The van der Waals surface area contributed by atoms with Crippen molar-refractivity contribution >= 4 is 21.6 Å². The molecule has 2 N–H and O–H groups in total. The second-order valence-electron chi connectivity index (χ2n) is 5.92. The smallest absolute Gasteiger partial charge is 0.241 e. The van der Waals surface area contributed by atoms with Crippen LogP contribution in [0.2, 0.25) is 0 Å². The third-order valence-corrected chi connectivity index (χ3v) is 5.35. The molecule has 0 aromatic heterocycles. The molecule has 0 aliphatic rings. The fraction of sp³-hybridized carbons (Fsp3) is 0.278. The maximum Gasteiger partial charge on any atom is 0.241 e. The topological polar surface area (TPSA) is 75.3 Å². The number of hydrogen-bond acceptors (Lipinski definition) is 3. The molecule has 2 aromatic rings. The lowest BCUT2D eigenvalue weighted by molar-refractivity contribution is -0.114. The first-order valence-electron chi connectivity index (χ1n) is 7.66. The van der Waals surface area contributed by atoms with E-state index in [4.69, 9.17) is 0 Å². The summed E-state index contributed by atoms with van der Waals surface area (Å²) in [6.45, 7) is 6.84. The van der Waals surface area contributed by atoms with E-state index in [1.165, 1.54) is 6.92 Å². The molecule has 128 valence electrons. The summed E-state index contributed by atoms with van der Waals surface area (Å²) in [6, 6.07) is 12.0. The van der Waals surface area contributed by atoms with Crippen LogP contribution in [0, 0.1) is 13.8 Å². The number of anilines is 1. The molecule has 0 bridgehead atoms. The number of nitrogens with one attached hydrogen (secondary N) is 2. The molecule has 0 fully saturated rings. The standard InChI is InChI=1S/C18H22N2O3S/c1-12-8-9-13(2)18(10-12)24(22,23)20-14(3)16-6-5-7-17(11-16)19-15(4)21/h5-11,14,20H,1-4H3,(H,19,21). The highest BCUT2D eigenvalue weighted by Crippen LogP contribution is 2.22. The number of carbonyl (C=O) groups excluding carboxylic acids is 1. The molecule has 0 aliphatic heterocycles. The van der Waals surface area contributed by atoms with Crippen LogP contribution in [-0.4, -0.2) is 14.3 Å². The minimum Gasteiger partial charge on any atom is -0.326 e. The molecule has 0 heterocycles. The SMILES string of the molecule is CC(=O)Nc1cccc(C(C)NS(=O)(=O)c2cc(C)ccc2C)c1. The van der Waals surface area contributed by atoms with Gasteiger partial charge in [-0.15, -0.1) is 0 Å². The van der Waals surface area contributed by atoms with Crippen LogP contribution in [0.4, 0.5) is 5.69 Å². The summed E-state index contributed by atoms with van der Waals surface area (Å²) in [5, 5.41) is 2.69. The van der Waals surface area contributed by atoms with Crippen LogP contribution in [0.5, 0.6) is 0 Å². The number of sulfonamides is 1. The van der Waals surface area contributed by atoms with Crippen LogP contribution in [0.25, 0.3) is 0 Å². The number of aryl methyl sites for hydroxylation is 2. The van der Waals surface area contributed by atoms with E-state index in [9.17, 15) is 13.2 Å². The molecule has 2 aromatic carbocycles. The fourth-order valence-corrected chi connectivity index (χ4v) is 4.01. The number of benzene rings is 2. The molecule has 1 amide bonds. The second-order valence-corrected chi connectivity index (χ2v) is 7.60. The van der Waals surface area contributed by atoms with E-state index in [1.54, 1.807) is 44.2 Å². The van der Waals surface area contributed by atoms with Crippen LogP contribution in [0.1, 0.15) is 36.6 Å². The molecule has 2 rings (SSSR count). The molecular weight excluding hydrogens is 324 g/mol. The highest BCUT2D eigenvalue weighted by molar-refractivity contribution is 7.89. The summed E-state index contributed by atoms with van der Waals surface area (Å²) in [4.78, 5) is 11.4. The third kappa shape index (κ3) is 4.43. The second kappa shape index (κ2) is 7.15. The van der Waals surface area contributed by atoms with Crippen molar-refractivity contribution in [3.63, 3.8) is 0 Å². The lowest BCUT2D eigenvalue weighted by Gasteiger charge is -2.17. The Kier molecular flexibility index (Phi) is 5.41. The summed E-state index contributed by atoms with van der Waals surface area (Å²) in [5.74, 6) is -0.171. The molecule has 0 radical (unpaired) electrons. The number of amides is 1. The highest BCUT2D eigenvalue weighted by Gasteiger charge is 2.20. The summed E-state index contributed by atoms with van der Waals surface area (Å²) >= 11 is 0. The van der Waals surface area contributed by atoms with Crippen molar-refractivity contribution in [3.8, 4) is 0 Å². The Morgan fingerprint density at radius 3 is 2.46 bits per heavy atom. The van der Waals surface area contributed by atoms with Gasteiger partial charge in [0, 0.05) is 18.7 Å². The Labute approximate surface area is 143 Å². The Morgan fingerprint density at radius 1 is 1.08 bits per heavy atom. The van der Waals surface area contributed by atoms with Crippen molar-refractivity contribution in [2.24, 2.45) is 0 Å². The first kappa shape index (κ1) is 18.2. The Hall–Kier alpha value is -2.18. The molecule has 24 heavy (non-hydrogen) atoms. The minimum atomic E-state index is -3.63. The highest BCUT2D eigenvalue weighted by atomic mass is 32.2. The number of carbonyl (C=O) groups is 1. The van der Waals surface area contributed by atoms with E-state index < -0.39 is 16.1 Å². The van der Waals surface area contributed by atoms with Crippen molar-refractivity contribution in [2.45, 2.75) is 38.6 Å². The first-order valence-corrected chi connectivity index (χ1v) is 9.14. The van der Waals surface area contributed by atoms with E-state index in [2.05, 4.69) is 10.0 Å². The van der Waals surface area contributed by atoms with Gasteiger partial charge >= 0.3 is 0 Å². The lowest BCUT2D eigenvalue weighted by Crippen LogP contribution is -2.27. The van der Waals surface area contributed by atoms with E-state index in [0.29, 0.717) is 11.3 Å². The number of hydrogen-bond donors (Lipinski definition) is 2. The summed E-state index contributed by atoms with van der Waals surface area (Å²) in [5.41, 5.74) is 3.00. The largest absolute Gasteiger partial charge is 0.326 e. The van der Waals surface area contributed by atoms with Crippen LogP contribution in [0.3, 0.4) is 0 Å². The zero-order valence-electron chi connectivity index (χ0n) is 14.3. The average Bonchev–Trinajstić information content (AvgIpc) is 2.48. The summed E-state index contributed by atoms with van der Waals surface area (Å²) in [6.07, 6.45) is 0. The maximum atomic E-state index is 12.7. The zero-order valence-corrected chi connectivity index (χ0v) is 15.1. The van der Waals surface area contributed by atoms with Crippen LogP contribution in [0.15, 0.2) is 47.4 Å². The Morgan fingerprint density at radius 2 is 1.79 bits per heavy atom. The van der Waals surface area contributed by atoms with Crippen molar-refractivity contribution in [1.82, 2.24) is 4.72 Å². The van der Waals surface area contributed by atoms with Crippen molar-refractivity contribution in [2.75, 3.05) is 5.32 Å². The van der Waals surface area contributed by atoms with Gasteiger partial charge in [0.05, 0.1) is 4.90 Å². The molecule has 0 saturated carbocycles. The van der Waals surface area contributed by atoms with E-state index in [1.807, 2.05) is 19.1 Å². The maximum absolute atomic E-state index is 12.7. The van der Waals surface area contributed by atoms with Gasteiger partial charge in [0.15, 0.2) is 0 Å². The van der Waals surface area contributed by atoms with Gasteiger partial charge in [-0.05, 0) is 55.7 Å².